The summed E-state index contributed by atoms with van der Waals surface area (Å²) < 4.78 is 10.3. The van der Waals surface area contributed by atoms with Gasteiger partial charge in [-0.25, -0.2) is 4.79 Å². The van der Waals surface area contributed by atoms with Crippen LogP contribution in [0.25, 0.3) is 0 Å². The number of benzene rings is 1. The summed E-state index contributed by atoms with van der Waals surface area (Å²) >= 11 is 0. The minimum atomic E-state index is -0.342. The zero-order valence-electron chi connectivity index (χ0n) is 11.2. The van der Waals surface area contributed by atoms with E-state index >= 15 is 0 Å². The average Bonchev–Trinajstić information content (AvgIpc) is 2.59. The first-order valence-electron chi connectivity index (χ1n) is 6.59. The van der Waals surface area contributed by atoms with Gasteiger partial charge in [0.25, 0.3) is 0 Å². The van der Waals surface area contributed by atoms with E-state index in [-0.39, 0.29) is 12.6 Å². The number of esters is 1. The molecule has 1 aliphatic heterocycles. The molecule has 1 aromatic rings. The van der Waals surface area contributed by atoms with Gasteiger partial charge in [0.15, 0.2) is 14.6 Å². The first kappa shape index (κ1) is 13.9. The molecular formula is C14H18BNO3. The summed E-state index contributed by atoms with van der Waals surface area (Å²) in [5.74, 6) is 0.364. The normalized spacial score (nSPS) is 15.4. The average molecular weight is 259 g/mol. The molecule has 0 unspecified atom stereocenters. The lowest BCUT2D eigenvalue weighted by Gasteiger charge is -2.11. The van der Waals surface area contributed by atoms with Crippen molar-refractivity contribution < 1.29 is 14.3 Å². The van der Waals surface area contributed by atoms with Crippen molar-refractivity contribution in [2.45, 2.75) is 19.8 Å². The molecule has 2 rings (SSSR count). The molecule has 0 spiro atoms. The molecule has 1 heterocycles. The monoisotopic (exact) mass is 259 g/mol. The third kappa shape index (κ3) is 3.99. The van der Waals surface area contributed by atoms with Gasteiger partial charge in [0.05, 0.1) is 6.61 Å². The predicted molar refractivity (Wildman–Crippen MR) is 73.3 cm³/mol. The summed E-state index contributed by atoms with van der Waals surface area (Å²) in [7, 11) is 5.82. The van der Waals surface area contributed by atoms with Crippen LogP contribution in [0.2, 0.25) is 0 Å². The maximum atomic E-state index is 11.2. The van der Waals surface area contributed by atoms with Gasteiger partial charge in [0, 0.05) is 0 Å². The number of carbonyl (C=O) groups is 1. The van der Waals surface area contributed by atoms with Gasteiger partial charge in [-0.05, 0) is 56.1 Å². The van der Waals surface area contributed by atoms with E-state index in [0.29, 0.717) is 12.4 Å². The molecule has 0 aliphatic carbocycles. The van der Waals surface area contributed by atoms with Gasteiger partial charge < -0.3 is 14.3 Å². The van der Waals surface area contributed by atoms with Crippen LogP contribution in [0.5, 0.6) is 5.75 Å². The standard InChI is InChI=1S/C14H18BNO3/c1-2-18-14(17)10-19-13-4-3-11-5-7-16(15)8-6-12(11)9-13/h3-4,9H,2,5-8,10H2,1H3. The topological polar surface area (TPSA) is 38.8 Å². The Morgan fingerprint density at radius 3 is 2.79 bits per heavy atom. The third-order valence-electron chi connectivity index (χ3n) is 3.18. The Morgan fingerprint density at radius 2 is 2.05 bits per heavy atom. The van der Waals surface area contributed by atoms with Crippen LogP contribution in [0.15, 0.2) is 18.2 Å². The molecule has 4 nitrogen and oxygen atoms in total. The van der Waals surface area contributed by atoms with E-state index in [9.17, 15) is 4.79 Å². The molecular weight excluding hydrogens is 241 g/mol. The summed E-state index contributed by atoms with van der Waals surface area (Å²) in [6, 6.07) is 5.94. The lowest BCUT2D eigenvalue weighted by Crippen LogP contribution is -2.22. The molecule has 0 aromatic heterocycles. The highest BCUT2D eigenvalue weighted by Gasteiger charge is 2.12. The molecule has 0 fully saturated rings. The zero-order valence-corrected chi connectivity index (χ0v) is 11.2. The summed E-state index contributed by atoms with van der Waals surface area (Å²) in [4.78, 5) is 13.1. The van der Waals surface area contributed by atoms with Crippen molar-refractivity contribution in [3.63, 3.8) is 0 Å². The van der Waals surface area contributed by atoms with E-state index < -0.39 is 0 Å². The number of carbonyl (C=O) groups excluding carboxylic acids is 1. The molecule has 0 atom stereocenters. The molecule has 1 aliphatic rings. The van der Waals surface area contributed by atoms with Crippen LogP contribution < -0.4 is 4.74 Å². The molecule has 0 saturated carbocycles. The molecule has 5 heteroatoms. The van der Waals surface area contributed by atoms with Crippen LogP contribution in [0.1, 0.15) is 18.1 Å². The van der Waals surface area contributed by atoms with Crippen LogP contribution in [0.4, 0.5) is 0 Å². The Kier molecular flexibility index (Phi) is 4.85. The second-order valence-corrected chi connectivity index (χ2v) is 4.56. The van der Waals surface area contributed by atoms with Gasteiger partial charge >= 0.3 is 5.97 Å². The van der Waals surface area contributed by atoms with Crippen molar-refractivity contribution in [1.29, 1.82) is 0 Å². The number of hydrogen-bond acceptors (Lipinski definition) is 4. The second kappa shape index (κ2) is 6.61. The van der Waals surface area contributed by atoms with E-state index in [1.807, 2.05) is 16.9 Å². The highest BCUT2D eigenvalue weighted by molar-refractivity contribution is 6.04. The van der Waals surface area contributed by atoms with Gasteiger partial charge in [-0.15, -0.1) is 0 Å². The predicted octanol–water partition coefficient (Wildman–Crippen LogP) is 1.11. The molecule has 0 N–H and O–H groups in total. The van der Waals surface area contributed by atoms with E-state index in [1.54, 1.807) is 6.92 Å². The van der Waals surface area contributed by atoms with Crippen molar-refractivity contribution in [2.24, 2.45) is 0 Å². The maximum absolute atomic E-state index is 11.2. The number of hydrogen-bond donors (Lipinski definition) is 0. The van der Waals surface area contributed by atoms with Crippen LogP contribution in [-0.2, 0) is 22.4 Å². The van der Waals surface area contributed by atoms with Crippen molar-refractivity contribution in [3.05, 3.63) is 29.3 Å². The van der Waals surface area contributed by atoms with Crippen LogP contribution in [0, 0.1) is 0 Å². The van der Waals surface area contributed by atoms with E-state index in [4.69, 9.17) is 17.5 Å². The summed E-state index contributed by atoms with van der Waals surface area (Å²) in [5, 5.41) is 0. The minimum absolute atomic E-state index is 0.0460. The molecule has 0 saturated heterocycles. The smallest absolute Gasteiger partial charge is 0.344 e. The largest absolute Gasteiger partial charge is 0.482 e. The lowest BCUT2D eigenvalue weighted by molar-refractivity contribution is -0.145. The molecule has 0 amide bonds. The molecule has 1 aromatic carbocycles. The summed E-state index contributed by atoms with van der Waals surface area (Å²) in [5.41, 5.74) is 2.55. The summed E-state index contributed by atoms with van der Waals surface area (Å²) in [6.07, 6.45) is 1.85. The molecule has 100 valence electrons. The van der Waals surface area contributed by atoms with E-state index in [1.165, 1.54) is 11.1 Å². The van der Waals surface area contributed by atoms with Crippen molar-refractivity contribution in [2.75, 3.05) is 26.3 Å². The number of rotatable bonds is 4. The molecule has 19 heavy (non-hydrogen) atoms. The number of ether oxygens (including phenoxy) is 2. The highest BCUT2D eigenvalue weighted by Crippen LogP contribution is 2.21. The third-order valence-corrected chi connectivity index (χ3v) is 3.18. The zero-order chi connectivity index (χ0) is 13.7. The molecule has 0 bridgehead atoms. The second-order valence-electron chi connectivity index (χ2n) is 4.56. The Balaban J connectivity index is 1.99. The van der Waals surface area contributed by atoms with Crippen LogP contribution in [-0.4, -0.2) is 45.1 Å². The van der Waals surface area contributed by atoms with Gasteiger partial charge in [-0.2, -0.15) is 0 Å². The minimum Gasteiger partial charge on any atom is -0.482 e. The van der Waals surface area contributed by atoms with Crippen LogP contribution >= 0.6 is 0 Å². The maximum Gasteiger partial charge on any atom is 0.344 e. The highest BCUT2D eigenvalue weighted by atomic mass is 16.6. The van der Waals surface area contributed by atoms with E-state index in [2.05, 4.69) is 6.07 Å². The first-order valence-corrected chi connectivity index (χ1v) is 6.59. The number of fused-ring (bicyclic) bond motifs is 1. The molecule has 2 radical (unpaired) electrons. The summed E-state index contributed by atoms with van der Waals surface area (Å²) in [6.45, 7) is 3.82. The SMILES string of the molecule is [B]N1CCc2ccc(OCC(=O)OCC)cc2CC1. The van der Waals surface area contributed by atoms with Crippen molar-refractivity contribution in [3.8, 4) is 5.75 Å². The van der Waals surface area contributed by atoms with Gasteiger partial charge in [-0.3, -0.25) is 0 Å². The quantitative estimate of drug-likeness (QED) is 0.599. The van der Waals surface area contributed by atoms with Crippen LogP contribution in [0.3, 0.4) is 0 Å². The Morgan fingerprint density at radius 1 is 1.32 bits per heavy atom. The van der Waals surface area contributed by atoms with Gasteiger partial charge in [0.2, 0.25) is 0 Å². The van der Waals surface area contributed by atoms with Gasteiger partial charge in [-0.1, -0.05) is 6.07 Å². The number of nitrogens with zero attached hydrogens (tertiary/aromatic N) is 1. The first-order chi connectivity index (χ1) is 9.19. The van der Waals surface area contributed by atoms with Crippen molar-refractivity contribution >= 4 is 14.0 Å². The van der Waals surface area contributed by atoms with E-state index in [0.717, 1.165) is 25.9 Å². The fourth-order valence-electron chi connectivity index (χ4n) is 2.15. The Bertz CT molecular complexity index is 450. The van der Waals surface area contributed by atoms with Crippen molar-refractivity contribution in [1.82, 2.24) is 4.81 Å². The Labute approximate surface area is 115 Å². The Hall–Kier alpha value is -1.49. The van der Waals surface area contributed by atoms with Gasteiger partial charge in [0.1, 0.15) is 5.75 Å². The fourth-order valence-corrected chi connectivity index (χ4v) is 2.15. The lowest BCUT2D eigenvalue weighted by atomic mass is 10.0. The fraction of sp³-hybridized carbons (Fsp3) is 0.500.